The molecule has 0 unspecified atom stereocenters. The van der Waals surface area contributed by atoms with Crippen molar-refractivity contribution in [3.8, 4) is 0 Å². The van der Waals surface area contributed by atoms with Crippen molar-refractivity contribution in [2.24, 2.45) is 0 Å². The van der Waals surface area contributed by atoms with Gasteiger partial charge < -0.3 is 10.1 Å². The van der Waals surface area contributed by atoms with E-state index in [1.165, 1.54) is 25.7 Å². The summed E-state index contributed by atoms with van der Waals surface area (Å²) in [5, 5.41) is 3.50. The lowest BCUT2D eigenvalue weighted by Crippen LogP contribution is -2.16. The van der Waals surface area contributed by atoms with E-state index in [0.717, 1.165) is 6.42 Å². The Morgan fingerprint density at radius 1 is 1.23 bits per heavy atom. The van der Waals surface area contributed by atoms with Gasteiger partial charge in [-0.1, -0.05) is 19.8 Å². The van der Waals surface area contributed by atoms with Crippen molar-refractivity contribution >= 4 is 29.3 Å². The van der Waals surface area contributed by atoms with E-state index in [9.17, 15) is 9.59 Å². The van der Waals surface area contributed by atoms with Crippen LogP contribution in [-0.4, -0.2) is 29.5 Å². The van der Waals surface area contributed by atoms with Gasteiger partial charge in [-0.25, -0.2) is 4.79 Å². The molecule has 1 aliphatic carbocycles. The van der Waals surface area contributed by atoms with Crippen LogP contribution in [0.5, 0.6) is 0 Å². The van der Waals surface area contributed by atoms with Crippen LogP contribution >= 0.6 is 11.8 Å². The Morgan fingerprint density at radius 3 is 2.55 bits per heavy atom. The Morgan fingerprint density at radius 2 is 1.91 bits per heavy atom. The van der Waals surface area contributed by atoms with Crippen LogP contribution in [-0.2, 0) is 9.53 Å². The number of benzene rings is 1. The second-order valence-electron chi connectivity index (χ2n) is 5.48. The summed E-state index contributed by atoms with van der Waals surface area (Å²) >= 11 is 1.74. The van der Waals surface area contributed by atoms with Crippen LogP contribution < -0.4 is 5.32 Å². The minimum Gasteiger partial charge on any atom is -0.462 e. The highest BCUT2D eigenvalue weighted by Gasteiger charge is 2.16. The van der Waals surface area contributed by atoms with Crippen molar-refractivity contribution in [3.63, 3.8) is 0 Å². The molecule has 22 heavy (non-hydrogen) atoms. The van der Waals surface area contributed by atoms with Crippen LogP contribution in [0, 0.1) is 0 Å². The predicted octanol–water partition coefficient (Wildman–Crippen LogP) is 3.87. The van der Waals surface area contributed by atoms with Gasteiger partial charge in [-0.3, -0.25) is 4.79 Å². The molecule has 1 aliphatic rings. The van der Waals surface area contributed by atoms with Crippen molar-refractivity contribution in [2.45, 2.75) is 44.3 Å². The van der Waals surface area contributed by atoms with Gasteiger partial charge in [0.15, 0.2) is 0 Å². The minimum absolute atomic E-state index is 0.0122. The van der Waals surface area contributed by atoms with Crippen molar-refractivity contribution in [3.05, 3.63) is 29.8 Å². The molecule has 4 nitrogen and oxygen atoms in total. The maximum atomic E-state index is 11.9. The summed E-state index contributed by atoms with van der Waals surface area (Å²) in [6.07, 6.45) is 5.83. The third-order valence-electron chi connectivity index (χ3n) is 3.59. The largest absolute Gasteiger partial charge is 0.462 e. The topological polar surface area (TPSA) is 55.4 Å². The first-order chi connectivity index (χ1) is 10.7. The summed E-state index contributed by atoms with van der Waals surface area (Å²) in [7, 11) is 0. The van der Waals surface area contributed by atoms with Gasteiger partial charge >= 0.3 is 5.97 Å². The molecule has 0 spiro atoms. The molecule has 5 heteroatoms. The average molecular weight is 321 g/mol. The van der Waals surface area contributed by atoms with Gasteiger partial charge in [-0.2, -0.15) is 0 Å². The van der Waals surface area contributed by atoms with E-state index in [4.69, 9.17) is 4.74 Å². The van der Waals surface area contributed by atoms with Gasteiger partial charge in [0.2, 0.25) is 5.91 Å². The quantitative estimate of drug-likeness (QED) is 0.775. The van der Waals surface area contributed by atoms with E-state index < -0.39 is 0 Å². The number of rotatable bonds is 7. The third-order valence-corrected chi connectivity index (χ3v) is 4.97. The van der Waals surface area contributed by atoms with E-state index >= 15 is 0 Å². The monoisotopic (exact) mass is 321 g/mol. The maximum absolute atomic E-state index is 11.9. The fourth-order valence-corrected chi connectivity index (χ4v) is 3.54. The van der Waals surface area contributed by atoms with E-state index in [1.54, 1.807) is 36.0 Å². The summed E-state index contributed by atoms with van der Waals surface area (Å²) < 4.78 is 5.06. The zero-order chi connectivity index (χ0) is 15.8. The molecule has 1 saturated carbocycles. The highest BCUT2D eigenvalue weighted by Crippen LogP contribution is 2.29. The summed E-state index contributed by atoms with van der Waals surface area (Å²) in [5.74, 6) is 0.181. The van der Waals surface area contributed by atoms with Crippen LogP contribution in [0.15, 0.2) is 24.3 Å². The van der Waals surface area contributed by atoms with Crippen molar-refractivity contribution in [1.29, 1.82) is 0 Å². The maximum Gasteiger partial charge on any atom is 0.338 e. The lowest BCUT2D eigenvalue weighted by Gasteiger charge is -2.09. The van der Waals surface area contributed by atoms with Gasteiger partial charge in [0.1, 0.15) is 0 Å². The molecule has 0 saturated heterocycles. The number of carbonyl (C=O) groups excluding carboxylic acids is 2. The molecule has 0 radical (unpaired) electrons. The summed E-state index contributed by atoms with van der Waals surface area (Å²) in [6, 6.07) is 6.83. The zero-order valence-corrected chi connectivity index (χ0v) is 13.8. The number of hydrogen-bond donors (Lipinski definition) is 1. The SMILES string of the molecule is CCCOC(=O)c1ccc(NC(=O)CSC2CCCC2)cc1. The first-order valence-electron chi connectivity index (χ1n) is 7.87. The molecule has 0 heterocycles. The van der Waals surface area contributed by atoms with Crippen LogP contribution in [0.25, 0.3) is 0 Å². The van der Waals surface area contributed by atoms with Crippen molar-refractivity contribution < 1.29 is 14.3 Å². The van der Waals surface area contributed by atoms with Gasteiger partial charge in [-0.15, -0.1) is 11.8 Å². The smallest absolute Gasteiger partial charge is 0.338 e. The lowest BCUT2D eigenvalue weighted by atomic mass is 10.2. The molecule has 0 bridgehead atoms. The third kappa shape index (κ3) is 5.37. The number of esters is 1. The van der Waals surface area contributed by atoms with E-state index in [-0.39, 0.29) is 11.9 Å². The highest BCUT2D eigenvalue weighted by atomic mass is 32.2. The van der Waals surface area contributed by atoms with Gasteiger partial charge in [0.25, 0.3) is 0 Å². The molecule has 1 fully saturated rings. The van der Waals surface area contributed by atoms with Crippen molar-refractivity contribution in [2.75, 3.05) is 17.7 Å². The van der Waals surface area contributed by atoms with Gasteiger partial charge in [0.05, 0.1) is 17.9 Å². The molecule has 120 valence electrons. The second kappa shape index (κ2) is 8.83. The fourth-order valence-electron chi connectivity index (χ4n) is 2.41. The van der Waals surface area contributed by atoms with Gasteiger partial charge in [0, 0.05) is 10.9 Å². The van der Waals surface area contributed by atoms with Crippen LogP contribution in [0.4, 0.5) is 5.69 Å². The highest BCUT2D eigenvalue weighted by molar-refractivity contribution is 8.00. The van der Waals surface area contributed by atoms with Crippen molar-refractivity contribution in [1.82, 2.24) is 0 Å². The second-order valence-corrected chi connectivity index (χ2v) is 6.77. The van der Waals surface area contributed by atoms with Crippen LogP contribution in [0.3, 0.4) is 0 Å². The summed E-state index contributed by atoms with van der Waals surface area (Å²) in [5.41, 5.74) is 1.22. The number of hydrogen-bond acceptors (Lipinski definition) is 4. The van der Waals surface area contributed by atoms with E-state index in [1.807, 2.05) is 6.92 Å². The van der Waals surface area contributed by atoms with Gasteiger partial charge in [-0.05, 0) is 43.5 Å². The zero-order valence-electron chi connectivity index (χ0n) is 13.0. The standard InChI is InChI=1S/C17H23NO3S/c1-2-11-21-17(20)13-7-9-14(10-8-13)18-16(19)12-22-15-5-3-4-6-15/h7-10,15H,2-6,11-12H2,1H3,(H,18,19). The minimum atomic E-state index is -0.323. The molecule has 0 aromatic heterocycles. The molecule has 1 aromatic carbocycles. The summed E-state index contributed by atoms with van der Waals surface area (Å²) in [4.78, 5) is 23.6. The normalized spacial score (nSPS) is 14.8. The Labute approximate surface area is 136 Å². The molecule has 0 atom stereocenters. The first-order valence-corrected chi connectivity index (χ1v) is 8.92. The Bertz CT molecular complexity index is 495. The Kier molecular flexibility index (Phi) is 6.77. The first kappa shape index (κ1) is 16.9. The molecule has 2 rings (SSSR count). The number of thioether (sulfide) groups is 1. The van der Waals surface area contributed by atoms with E-state index in [0.29, 0.717) is 28.9 Å². The average Bonchev–Trinajstić information content (AvgIpc) is 3.05. The molecular formula is C17H23NO3S. The fraction of sp³-hybridized carbons (Fsp3) is 0.529. The number of ether oxygens (including phenoxy) is 1. The number of nitrogens with one attached hydrogen (secondary N) is 1. The lowest BCUT2D eigenvalue weighted by molar-refractivity contribution is -0.113. The molecule has 1 aromatic rings. The number of anilines is 1. The predicted molar refractivity (Wildman–Crippen MR) is 90.4 cm³/mol. The van der Waals surface area contributed by atoms with E-state index in [2.05, 4.69) is 5.32 Å². The van der Waals surface area contributed by atoms with Crippen LogP contribution in [0.1, 0.15) is 49.4 Å². The number of amides is 1. The number of carbonyl (C=O) groups is 2. The molecule has 0 aliphatic heterocycles. The summed E-state index contributed by atoms with van der Waals surface area (Å²) in [6.45, 7) is 2.38. The Balaban J connectivity index is 1.77. The molecule has 1 amide bonds. The van der Waals surface area contributed by atoms with Crippen LogP contribution in [0.2, 0.25) is 0 Å². The Hall–Kier alpha value is -1.49. The molecule has 1 N–H and O–H groups in total. The molecular weight excluding hydrogens is 298 g/mol.